The van der Waals surface area contributed by atoms with Gasteiger partial charge in [-0.25, -0.2) is 0 Å². The summed E-state index contributed by atoms with van der Waals surface area (Å²) in [7, 11) is 0. The van der Waals surface area contributed by atoms with E-state index in [2.05, 4.69) is 222 Å². The van der Waals surface area contributed by atoms with Crippen LogP contribution in [0.4, 0.5) is 0 Å². The molecule has 0 saturated heterocycles. The molecule has 9 aromatic carbocycles. The van der Waals surface area contributed by atoms with Gasteiger partial charge in [-0.05, 0) is 139 Å². The Morgan fingerprint density at radius 3 is 1.15 bits per heavy atom. The van der Waals surface area contributed by atoms with Crippen LogP contribution >= 0.6 is 0 Å². The largest absolute Gasteiger partial charge is 0.308 e. The van der Waals surface area contributed by atoms with Crippen molar-refractivity contribution in [2.45, 2.75) is 79.4 Å². The molecule has 340 valence electrons. The number of nitrogens with zero attached hydrogens (tertiary/aromatic N) is 1. The topological polar surface area (TPSA) is 38.5 Å². The van der Waals surface area contributed by atoms with Crippen LogP contribution in [0.5, 0.6) is 0 Å². The Hall–Kier alpha value is -7.88. The predicted octanol–water partition coefficient (Wildman–Crippen LogP) is 15.0. The Bertz CT molecular complexity index is 4330. The summed E-state index contributed by atoms with van der Waals surface area (Å²) in [6, 6.07) is 65.3. The summed E-state index contributed by atoms with van der Waals surface area (Å²) < 4.78 is 2.43. The van der Waals surface area contributed by atoms with Gasteiger partial charge in [0.05, 0.1) is 38.2 Å². The van der Waals surface area contributed by atoms with Crippen LogP contribution in [0.2, 0.25) is 0 Å². The maximum atomic E-state index is 15.9. The normalized spacial score (nSPS) is 28.4. The first kappa shape index (κ1) is 38.8. The average molecular weight is 922 g/mol. The fourth-order valence-electron chi connectivity index (χ4n) is 18.9. The molecule has 3 heteroatoms. The molecule has 0 radical (unpaired) electrons. The molecule has 0 bridgehead atoms. The van der Waals surface area contributed by atoms with Gasteiger partial charge in [0, 0.05) is 48.9 Å². The fourth-order valence-corrected chi connectivity index (χ4v) is 18.9. The van der Waals surface area contributed by atoms with Gasteiger partial charge in [0.1, 0.15) is 0 Å². The monoisotopic (exact) mass is 921 g/mol. The third-order valence-corrected chi connectivity index (χ3v) is 21.5. The highest BCUT2D eigenvalue weighted by molar-refractivity contribution is 6.27. The number of Topliss-reactive ketones (excluding diaryl/α,β-unsaturated/α-hetero) is 2. The van der Waals surface area contributed by atoms with Gasteiger partial charge >= 0.3 is 0 Å². The van der Waals surface area contributed by atoms with E-state index in [-0.39, 0.29) is 17.0 Å². The summed E-state index contributed by atoms with van der Waals surface area (Å²) in [6.07, 6.45) is 0. The van der Waals surface area contributed by atoms with Gasteiger partial charge < -0.3 is 4.40 Å². The highest BCUT2D eigenvalue weighted by atomic mass is 16.1. The van der Waals surface area contributed by atoms with Gasteiger partial charge in [0.15, 0.2) is 11.6 Å². The standard InChI is InChI=1S/C69H47NO2/c1-63(2)46-21-8-7-18-38(46)39-20-17-19-37(59(39)63)36-30-42-40-32-55-44(61(71)66(5)49-24-11-15-28-53(49)68(66)51-26-13-9-22-47(51)64(55,68)3)34-57(40)70-58-35-45-56(33-41(58)43(31-36)60(42)70)65(4)48-23-10-14-27-52(48)69(65)54-29-16-12-25-50(54)67(69,6)62(45)72/h7-35H,1-6H3. The Kier molecular flexibility index (Phi) is 6.07. The van der Waals surface area contributed by atoms with Crippen molar-refractivity contribution in [3.63, 3.8) is 0 Å². The van der Waals surface area contributed by atoms with E-state index in [4.69, 9.17) is 0 Å². The van der Waals surface area contributed by atoms with Crippen molar-refractivity contribution >= 4 is 49.7 Å². The van der Waals surface area contributed by atoms with Gasteiger partial charge in [-0.2, -0.15) is 0 Å². The minimum Gasteiger partial charge on any atom is -0.308 e. The van der Waals surface area contributed by atoms with Crippen LogP contribution < -0.4 is 0 Å². The Morgan fingerprint density at radius 2 is 0.694 bits per heavy atom. The molecule has 0 aliphatic heterocycles. The van der Waals surface area contributed by atoms with Crippen LogP contribution in [0.1, 0.15) is 129 Å². The lowest BCUT2D eigenvalue weighted by Crippen LogP contribution is -2.77. The molecule has 2 aromatic heterocycles. The summed E-state index contributed by atoms with van der Waals surface area (Å²) in [5, 5.41) is 4.62. The molecule has 7 aliphatic carbocycles. The number of hydrogen-bond acceptors (Lipinski definition) is 2. The Morgan fingerprint density at radius 1 is 0.319 bits per heavy atom. The van der Waals surface area contributed by atoms with Crippen LogP contribution in [-0.4, -0.2) is 16.0 Å². The number of aromatic nitrogens is 1. The average Bonchev–Trinajstić information content (AvgIpc) is 3.99. The van der Waals surface area contributed by atoms with Gasteiger partial charge in [-0.15, -0.1) is 0 Å². The summed E-state index contributed by atoms with van der Waals surface area (Å²) in [6.45, 7) is 14.0. The molecule has 3 nitrogen and oxygen atoms in total. The minimum absolute atomic E-state index is 0.189. The second-order valence-corrected chi connectivity index (χ2v) is 23.8. The van der Waals surface area contributed by atoms with Crippen molar-refractivity contribution < 1.29 is 9.59 Å². The zero-order valence-electron chi connectivity index (χ0n) is 41.0. The Balaban J connectivity index is 0.986. The molecule has 0 amide bonds. The zero-order chi connectivity index (χ0) is 48.2. The van der Waals surface area contributed by atoms with Crippen LogP contribution in [0.3, 0.4) is 0 Å². The van der Waals surface area contributed by atoms with Crippen molar-refractivity contribution in [2.24, 2.45) is 0 Å². The second-order valence-electron chi connectivity index (χ2n) is 23.8. The lowest BCUT2D eigenvalue weighted by Gasteiger charge is -2.74. The van der Waals surface area contributed by atoms with Crippen LogP contribution in [-0.2, 0) is 37.9 Å². The molecule has 2 spiro atoms. The van der Waals surface area contributed by atoms with Crippen LogP contribution in [0.25, 0.3) is 60.3 Å². The second kappa shape index (κ2) is 11.3. The summed E-state index contributed by atoms with van der Waals surface area (Å²) in [5.41, 5.74) is 21.2. The van der Waals surface area contributed by atoms with Crippen molar-refractivity contribution in [2.75, 3.05) is 0 Å². The van der Waals surface area contributed by atoms with E-state index in [1.54, 1.807) is 0 Å². The van der Waals surface area contributed by atoms with Crippen molar-refractivity contribution in [3.05, 3.63) is 254 Å². The van der Waals surface area contributed by atoms with Crippen LogP contribution in [0, 0.1) is 0 Å². The SMILES string of the molecule is CC1(C)c2ccccc2-c2cccc(-c3cc4c5cc6c(cc5n5c7cc8c(cc7c(c3)c45)C3(C)c4ccccc4C34c3ccccc3C4(C)C8=O)C(=O)C3(C)c4ccccc4C34c3ccccc3C64C)c21. The van der Waals surface area contributed by atoms with Crippen molar-refractivity contribution in [1.82, 2.24) is 4.40 Å². The molecule has 6 unspecified atom stereocenters. The van der Waals surface area contributed by atoms with E-state index in [1.165, 1.54) is 77.5 Å². The molecule has 18 rings (SSSR count). The van der Waals surface area contributed by atoms with E-state index in [9.17, 15) is 0 Å². The number of carbonyl (C=O) groups excluding carboxylic acids is 2. The van der Waals surface area contributed by atoms with Gasteiger partial charge in [-0.1, -0.05) is 167 Å². The van der Waals surface area contributed by atoms with Gasteiger partial charge in [0.2, 0.25) is 0 Å². The molecule has 0 N–H and O–H groups in total. The maximum Gasteiger partial charge on any atom is 0.174 e. The smallest absolute Gasteiger partial charge is 0.174 e. The summed E-state index contributed by atoms with van der Waals surface area (Å²) >= 11 is 0. The first-order valence-electron chi connectivity index (χ1n) is 25.9. The minimum atomic E-state index is -0.736. The molecule has 0 saturated carbocycles. The summed E-state index contributed by atoms with van der Waals surface area (Å²) in [5.74, 6) is 0.378. The van der Waals surface area contributed by atoms with Gasteiger partial charge in [0.25, 0.3) is 0 Å². The highest BCUT2D eigenvalue weighted by Gasteiger charge is 2.81. The van der Waals surface area contributed by atoms with E-state index < -0.39 is 32.5 Å². The lowest BCUT2D eigenvalue weighted by atomic mass is 9.25. The third-order valence-electron chi connectivity index (χ3n) is 21.5. The number of ketones is 2. The first-order chi connectivity index (χ1) is 34.8. The summed E-state index contributed by atoms with van der Waals surface area (Å²) in [4.78, 5) is 31.8. The van der Waals surface area contributed by atoms with E-state index in [0.717, 1.165) is 60.7 Å². The van der Waals surface area contributed by atoms with E-state index in [0.29, 0.717) is 0 Å². The quantitative estimate of drug-likeness (QED) is 0.165. The van der Waals surface area contributed by atoms with Gasteiger partial charge in [-0.3, -0.25) is 9.59 Å². The lowest BCUT2D eigenvalue weighted by molar-refractivity contribution is 0.0523. The number of carbonyl (C=O) groups is 2. The Labute approximate surface area is 417 Å². The molecule has 72 heavy (non-hydrogen) atoms. The first-order valence-corrected chi connectivity index (χ1v) is 25.9. The zero-order valence-corrected chi connectivity index (χ0v) is 41.0. The predicted molar refractivity (Wildman–Crippen MR) is 288 cm³/mol. The number of rotatable bonds is 1. The highest BCUT2D eigenvalue weighted by Crippen LogP contribution is 2.80. The molecule has 0 fully saturated rings. The fraction of sp³-hybridized carbons (Fsp3) is 0.188. The van der Waals surface area contributed by atoms with E-state index >= 15 is 9.59 Å². The number of fused-ring (bicyclic) bond motifs is 21. The van der Waals surface area contributed by atoms with E-state index in [1.807, 2.05) is 0 Å². The number of hydrogen-bond donors (Lipinski definition) is 0. The molecule has 7 aliphatic rings. The van der Waals surface area contributed by atoms with Crippen LogP contribution in [0.15, 0.2) is 176 Å². The molecule has 11 aromatic rings. The maximum absolute atomic E-state index is 15.9. The third kappa shape index (κ3) is 3.30. The van der Waals surface area contributed by atoms with Crippen molar-refractivity contribution in [3.8, 4) is 22.3 Å². The molecular weight excluding hydrogens is 875 g/mol. The molecular formula is C69H47NO2. The van der Waals surface area contributed by atoms with Crippen molar-refractivity contribution in [1.29, 1.82) is 0 Å². The molecule has 2 heterocycles. The molecule has 6 atom stereocenters. The number of benzene rings is 9.